The Morgan fingerprint density at radius 3 is 2.48 bits per heavy atom. The minimum absolute atomic E-state index is 0.00441. The van der Waals surface area contributed by atoms with Gasteiger partial charge in [0.1, 0.15) is 11.6 Å². The Morgan fingerprint density at radius 1 is 1.26 bits per heavy atom. The number of nitrogens with zero attached hydrogens (tertiary/aromatic N) is 1. The predicted octanol–water partition coefficient (Wildman–Crippen LogP) is 2.74. The lowest BCUT2D eigenvalue weighted by atomic mass is 9.98. The maximum absolute atomic E-state index is 12.1. The van der Waals surface area contributed by atoms with Gasteiger partial charge in [-0.2, -0.15) is 5.26 Å². The van der Waals surface area contributed by atoms with Gasteiger partial charge >= 0.3 is 0 Å². The molecule has 0 radical (unpaired) electrons. The van der Waals surface area contributed by atoms with E-state index in [1.807, 2.05) is 13.0 Å². The summed E-state index contributed by atoms with van der Waals surface area (Å²) in [6, 6.07) is 2.10. The van der Waals surface area contributed by atoms with Gasteiger partial charge in [0, 0.05) is 18.2 Å². The maximum atomic E-state index is 12.1. The zero-order valence-corrected chi connectivity index (χ0v) is 14.7. The molecule has 5 heteroatoms. The smallest absolute Gasteiger partial charge is 0.266 e. The number of nitrogens with one attached hydrogen (secondary N) is 2. The summed E-state index contributed by atoms with van der Waals surface area (Å²) in [6.07, 6.45) is 2.93. The average Bonchev–Trinajstić information content (AvgIpc) is 2.44. The Kier molecular flexibility index (Phi) is 7.02. The average molecular weight is 317 g/mol. The van der Waals surface area contributed by atoms with Crippen LogP contribution in [0.4, 0.5) is 0 Å². The minimum Gasteiger partial charge on any atom is -0.354 e. The highest BCUT2D eigenvalue weighted by Crippen LogP contribution is 2.15. The highest BCUT2D eigenvalue weighted by molar-refractivity contribution is 5.76. The third kappa shape index (κ3) is 5.55. The minimum atomic E-state index is -0.363. The Labute approximate surface area is 138 Å². The van der Waals surface area contributed by atoms with Crippen molar-refractivity contribution in [1.29, 1.82) is 5.26 Å². The number of aryl methyl sites for hydroxylation is 1. The topological polar surface area (TPSA) is 85.8 Å². The summed E-state index contributed by atoms with van der Waals surface area (Å²) < 4.78 is 0. The first kappa shape index (κ1) is 19.0. The molecule has 0 fully saturated rings. The fraction of sp³-hybridized carbons (Fsp3) is 0.611. The number of carbonyl (C=O) groups is 1. The van der Waals surface area contributed by atoms with E-state index in [0.29, 0.717) is 24.3 Å². The molecular weight excluding hydrogens is 290 g/mol. The number of hydrogen-bond donors (Lipinski definition) is 2. The van der Waals surface area contributed by atoms with E-state index in [2.05, 4.69) is 24.1 Å². The van der Waals surface area contributed by atoms with Crippen LogP contribution >= 0.6 is 0 Å². The Balaban J connectivity index is 2.67. The second-order valence-corrected chi connectivity index (χ2v) is 6.61. The van der Waals surface area contributed by atoms with Gasteiger partial charge in [0.05, 0.1) is 0 Å². The third-order valence-electron chi connectivity index (χ3n) is 4.11. The summed E-state index contributed by atoms with van der Waals surface area (Å²) in [5.74, 6) is 0.634. The van der Waals surface area contributed by atoms with Gasteiger partial charge in [-0.05, 0) is 57.1 Å². The van der Waals surface area contributed by atoms with Crippen molar-refractivity contribution < 1.29 is 4.79 Å². The summed E-state index contributed by atoms with van der Waals surface area (Å²) in [4.78, 5) is 26.5. The summed E-state index contributed by atoms with van der Waals surface area (Å²) in [6.45, 7) is 9.92. The molecule has 0 aliphatic heterocycles. The quantitative estimate of drug-likeness (QED) is 0.810. The monoisotopic (exact) mass is 317 g/mol. The van der Waals surface area contributed by atoms with E-state index in [1.165, 1.54) is 0 Å². The molecule has 1 unspecified atom stereocenters. The van der Waals surface area contributed by atoms with Crippen molar-refractivity contribution in [3.63, 3.8) is 0 Å². The molecule has 1 aromatic rings. The van der Waals surface area contributed by atoms with Gasteiger partial charge in [0.2, 0.25) is 5.91 Å². The van der Waals surface area contributed by atoms with E-state index >= 15 is 0 Å². The van der Waals surface area contributed by atoms with Gasteiger partial charge in [0.25, 0.3) is 5.56 Å². The molecule has 0 spiro atoms. The molecule has 126 valence electrons. The fourth-order valence-electron chi connectivity index (χ4n) is 2.66. The van der Waals surface area contributed by atoms with Crippen LogP contribution in [0.25, 0.3) is 0 Å². The zero-order valence-electron chi connectivity index (χ0n) is 14.7. The standard InChI is InChI=1S/C18H27N3O2/c1-11(2)6-7-12(3)20-17(22)9-8-15-13(4)16(10-19)18(23)21-14(15)5/h11-12H,6-9H2,1-5H3,(H,20,22)(H,21,23). The lowest BCUT2D eigenvalue weighted by Crippen LogP contribution is -2.33. The maximum Gasteiger partial charge on any atom is 0.266 e. The van der Waals surface area contributed by atoms with Crippen molar-refractivity contribution in [2.24, 2.45) is 5.92 Å². The van der Waals surface area contributed by atoms with Crippen LogP contribution in [0.15, 0.2) is 4.79 Å². The van der Waals surface area contributed by atoms with E-state index < -0.39 is 0 Å². The molecule has 0 aliphatic carbocycles. The van der Waals surface area contributed by atoms with Gasteiger partial charge < -0.3 is 10.3 Å². The highest BCUT2D eigenvalue weighted by atomic mass is 16.1. The van der Waals surface area contributed by atoms with Crippen LogP contribution in [0.5, 0.6) is 0 Å². The van der Waals surface area contributed by atoms with E-state index in [0.717, 1.165) is 24.1 Å². The van der Waals surface area contributed by atoms with Crippen molar-refractivity contribution >= 4 is 5.91 Å². The lowest BCUT2D eigenvalue weighted by Gasteiger charge is -2.16. The van der Waals surface area contributed by atoms with Gasteiger partial charge in [-0.25, -0.2) is 0 Å². The van der Waals surface area contributed by atoms with Gasteiger partial charge in [-0.3, -0.25) is 9.59 Å². The SMILES string of the molecule is Cc1[nH]c(=O)c(C#N)c(C)c1CCC(=O)NC(C)CCC(C)C. The molecule has 0 aliphatic rings. The third-order valence-corrected chi connectivity index (χ3v) is 4.11. The molecule has 0 saturated heterocycles. The van der Waals surface area contributed by atoms with E-state index in [1.54, 1.807) is 13.8 Å². The van der Waals surface area contributed by atoms with Crippen LogP contribution in [-0.4, -0.2) is 16.9 Å². The van der Waals surface area contributed by atoms with E-state index in [9.17, 15) is 9.59 Å². The number of H-pyrrole nitrogens is 1. The number of aromatic nitrogens is 1. The van der Waals surface area contributed by atoms with Gasteiger partial charge in [-0.1, -0.05) is 13.8 Å². The number of rotatable bonds is 7. The van der Waals surface area contributed by atoms with Crippen molar-refractivity contribution in [3.8, 4) is 6.07 Å². The van der Waals surface area contributed by atoms with E-state index in [-0.39, 0.29) is 23.1 Å². The Hall–Kier alpha value is -2.09. The fourth-order valence-corrected chi connectivity index (χ4v) is 2.66. The number of aromatic amines is 1. The molecule has 1 atom stereocenters. The first-order valence-corrected chi connectivity index (χ1v) is 8.18. The lowest BCUT2D eigenvalue weighted by molar-refractivity contribution is -0.121. The number of amides is 1. The van der Waals surface area contributed by atoms with Crippen molar-refractivity contribution in [2.45, 2.75) is 66.3 Å². The van der Waals surface area contributed by atoms with Crippen LogP contribution in [0.1, 0.15) is 62.4 Å². The summed E-state index contributed by atoms with van der Waals surface area (Å²) in [5.41, 5.74) is 2.06. The van der Waals surface area contributed by atoms with Crippen molar-refractivity contribution in [3.05, 3.63) is 32.7 Å². The molecule has 1 amide bonds. The molecule has 2 N–H and O–H groups in total. The number of hydrogen-bond acceptors (Lipinski definition) is 3. The molecule has 23 heavy (non-hydrogen) atoms. The molecule has 1 rings (SSSR count). The summed E-state index contributed by atoms with van der Waals surface area (Å²) >= 11 is 0. The second-order valence-electron chi connectivity index (χ2n) is 6.61. The van der Waals surface area contributed by atoms with Crippen molar-refractivity contribution in [2.75, 3.05) is 0 Å². The Bertz CT molecular complexity index is 653. The molecule has 0 aromatic carbocycles. The van der Waals surface area contributed by atoms with Crippen molar-refractivity contribution in [1.82, 2.24) is 10.3 Å². The molecule has 1 heterocycles. The number of nitriles is 1. The Morgan fingerprint density at radius 2 is 1.91 bits per heavy atom. The largest absolute Gasteiger partial charge is 0.354 e. The first-order chi connectivity index (χ1) is 10.8. The van der Waals surface area contributed by atoms with E-state index in [4.69, 9.17) is 5.26 Å². The normalized spacial score (nSPS) is 12.0. The second kappa shape index (κ2) is 8.52. The van der Waals surface area contributed by atoms with Crippen LogP contribution < -0.4 is 10.9 Å². The molecular formula is C18H27N3O2. The number of carbonyl (C=O) groups excluding carboxylic acids is 1. The summed E-state index contributed by atoms with van der Waals surface area (Å²) in [7, 11) is 0. The predicted molar refractivity (Wildman–Crippen MR) is 91.2 cm³/mol. The molecule has 0 bridgehead atoms. The van der Waals surface area contributed by atoms with Gasteiger partial charge in [0.15, 0.2) is 0 Å². The van der Waals surface area contributed by atoms with Crippen LogP contribution in [0, 0.1) is 31.1 Å². The summed E-state index contributed by atoms with van der Waals surface area (Å²) in [5, 5.41) is 12.1. The first-order valence-electron chi connectivity index (χ1n) is 8.18. The number of pyridine rings is 1. The molecule has 0 saturated carbocycles. The molecule has 1 aromatic heterocycles. The molecule has 5 nitrogen and oxygen atoms in total. The van der Waals surface area contributed by atoms with Crippen LogP contribution in [0.2, 0.25) is 0 Å². The van der Waals surface area contributed by atoms with Gasteiger partial charge in [-0.15, -0.1) is 0 Å². The van der Waals surface area contributed by atoms with Crippen LogP contribution in [0.3, 0.4) is 0 Å². The zero-order chi connectivity index (χ0) is 17.6. The highest BCUT2D eigenvalue weighted by Gasteiger charge is 2.14. The van der Waals surface area contributed by atoms with Crippen LogP contribution in [-0.2, 0) is 11.2 Å².